The van der Waals surface area contributed by atoms with Gasteiger partial charge in [-0.2, -0.15) is 0 Å². The van der Waals surface area contributed by atoms with Gasteiger partial charge in [-0.3, -0.25) is 4.98 Å². The lowest BCUT2D eigenvalue weighted by Gasteiger charge is -2.20. The maximum absolute atomic E-state index is 12.2. The molecule has 0 aliphatic heterocycles. The van der Waals surface area contributed by atoms with E-state index < -0.39 is 0 Å². The first-order chi connectivity index (χ1) is 12.1. The Morgan fingerprint density at radius 3 is 2.56 bits per heavy atom. The molecule has 0 saturated carbocycles. The largest absolute Gasteiger partial charge is 0.396 e. The number of hydrogen-bond acceptors (Lipinski definition) is 3. The van der Waals surface area contributed by atoms with Gasteiger partial charge in [0.1, 0.15) is 0 Å². The van der Waals surface area contributed by atoms with Crippen molar-refractivity contribution in [2.24, 2.45) is 5.92 Å². The van der Waals surface area contributed by atoms with Crippen molar-refractivity contribution in [3.63, 3.8) is 0 Å². The summed E-state index contributed by atoms with van der Waals surface area (Å²) >= 11 is 0. The highest BCUT2D eigenvalue weighted by Gasteiger charge is 2.15. The number of aryl methyl sites for hydroxylation is 1. The van der Waals surface area contributed by atoms with E-state index in [1.54, 1.807) is 6.20 Å². The maximum Gasteiger partial charge on any atom is 0.315 e. The molecule has 2 atom stereocenters. The monoisotopic (exact) mass is 341 g/mol. The van der Waals surface area contributed by atoms with Crippen molar-refractivity contribution >= 4 is 6.03 Å². The van der Waals surface area contributed by atoms with Crippen molar-refractivity contribution in [1.82, 2.24) is 15.6 Å². The van der Waals surface area contributed by atoms with Crippen LogP contribution >= 0.6 is 0 Å². The molecule has 0 aliphatic carbocycles. The number of carbonyl (C=O) groups excluding carboxylic acids is 1. The lowest BCUT2D eigenvalue weighted by atomic mass is 10.0. The minimum atomic E-state index is -0.216. The third-order valence-electron chi connectivity index (χ3n) is 4.23. The molecule has 5 heteroatoms. The van der Waals surface area contributed by atoms with Crippen LogP contribution in [-0.4, -0.2) is 29.3 Å². The van der Waals surface area contributed by atoms with Gasteiger partial charge in [-0.1, -0.05) is 42.8 Å². The van der Waals surface area contributed by atoms with Gasteiger partial charge in [0.05, 0.1) is 6.04 Å². The average molecular weight is 341 g/mol. The average Bonchev–Trinajstić information content (AvgIpc) is 2.64. The van der Waals surface area contributed by atoms with Crippen LogP contribution in [0.2, 0.25) is 0 Å². The quantitative estimate of drug-likeness (QED) is 0.691. The fourth-order valence-electron chi connectivity index (χ4n) is 2.68. The second-order valence-electron chi connectivity index (χ2n) is 6.30. The number of aliphatic hydroxyl groups excluding tert-OH is 1. The number of nitrogens with zero attached hydrogens (tertiary/aromatic N) is 1. The van der Waals surface area contributed by atoms with E-state index in [4.69, 9.17) is 0 Å². The van der Waals surface area contributed by atoms with E-state index in [1.165, 1.54) is 5.56 Å². The molecule has 0 spiro atoms. The Kier molecular flexibility index (Phi) is 7.41. The number of rotatable bonds is 8. The van der Waals surface area contributed by atoms with E-state index in [9.17, 15) is 9.90 Å². The second kappa shape index (κ2) is 9.79. The number of amides is 2. The minimum absolute atomic E-state index is 0.00597. The Bertz CT molecular complexity index is 644. The Balaban J connectivity index is 1.84. The van der Waals surface area contributed by atoms with E-state index >= 15 is 0 Å². The first-order valence-corrected chi connectivity index (χ1v) is 8.74. The molecule has 1 heterocycles. The van der Waals surface area contributed by atoms with Crippen LogP contribution in [0.5, 0.6) is 0 Å². The number of carbonyl (C=O) groups is 1. The number of urea groups is 1. The summed E-state index contributed by atoms with van der Waals surface area (Å²) in [6.45, 7) is 4.50. The summed E-state index contributed by atoms with van der Waals surface area (Å²) in [5, 5.41) is 15.4. The molecule has 0 radical (unpaired) electrons. The fourth-order valence-corrected chi connectivity index (χ4v) is 2.68. The van der Waals surface area contributed by atoms with Gasteiger partial charge in [-0.05, 0) is 37.5 Å². The lowest BCUT2D eigenvalue weighted by molar-refractivity contribution is 0.212. The lowest BCUT2D eigenvalue weighted by Crippen LogP contribution is -2.41. The van der Waals surface area contributed by atoms with Crippen LogP contribution in [0.3, 0.4) is 0 Å². The molecule has 0 aliphatic rings. The molecule has 2 aromatic rings. The van der Waals surface area contributed by atoms with Crippen molar-refractivity contribution < 1.29 is 9.90 Å². The molecule has 5 nitrogen and oxygen atoms in total. The molecule has 2 rings (SSSR count). The summed E-state index contributed by atoms with van der Waals surface area (Å²) in [6.07, 6.45) is 3.18. The molecule has 0 fully saturated rings. The normalized spacial score (nSPS) is 13.1. The molecule has 25 heavy (non-hydrogen) atoms. The van der Waals surface area contributed by atoms with E-state index in [1.807, 2.05) is 56.3 Å². The summed E-state index contributed by atoms with van der Waals surface area (Å²) in [6, 6.07) is 13.6. The Hall–Kier alpha value is -2.40. The van der Waals surface area contributed by atoms with E-state index in [2.05, 4.69) is 15.6 Å². The van der Waals surface area contributed by atoms with Crippen molar-refractivity contribution in [1.29, 1.82) is 0 Å². The number of aromatic nitrogens is 1. The molecule has 1 aromatic heterocycles. The summed E-state index contributed by atoms with van der Waals surface area (Å²) in [5.41, 5.74) is 3.20. The minimum Gasteiger partial charge on any atom is -0.396 e. The number of pyridine rings is 1. The first kappa shape index (κ1) is 18.9. The number of nitrogens with one attached hydrogen (secondary N) is 2. The van der Waals surface area contributed by atoms with Crippen LogP contribution in [-0.2, 0) is 6.42 Å². The highest BCUT2D eigenvalue weighted by molar-refractivity contribution is 5.74. The maximum atomic E-state index is 12.2. The van der Waals surface area contributed by atoms with Gasteiger partial charge in [0, 0.05) is 31.0 Å². The van der Waals surface area contributed by atoms with Gasteiger partial charge < -0.3 is 15.7 Å². The highest BCUT2D eigenvalue weighted by atomic mass is 16.3. The smallest absolute Gasteiger partial charge is 0.315 e. The number of hydrogen-bond donors (Lipinski definition) is 3. The molecule has 2 unspecified atom stereocenters. The summed E-state index contributed by atoms with van der Waals surface area (Å²) in [5.74, 6) is -0.0555. The zero-order chi connectivity index (χ0) is 18.1. The zero-order valence-electron chi connectivity index (χ0n) is 14.9. The fraction of sp³-hybridized carbons (Fsp3) is 0.400. The van der Waals surface area contributed by atoms with Crippen LogP contribution in [0.15, 0.2) is 48.7 Å². The van der Waals surface area contributed by atoms with Crippen molar-refractivity contribution in [3.05, 3.63) is 65.5 Å². The van der Waals surface area contributed by atoms with Gasteiger partial charge >= 0.3 is 6.03 Å². The van der Waals surface area contributed by atoms with Crippen LogP contribution in [0.25, 0.3) is 0 Å². The van der Waals surface area contributed by atoms with E-state index in [0.717, 1.165) is 17.7 Å². The van der Waals surface area contributed by atoms with E-state index in [-0.39, 0.29) is 24.6 Å². The predicted octanol–water partition coefficient (Wildman–Crippen LogP) is 2.99. The van der Waals surface area contributed by atoms with Crippen molar-refractivity contribution in [2.75, 3.05) is 13.2 Å². The number of benzene rings is 1. The second-order valence-corrected chi connectivity index (χ2v) is 6.30. The summed E-state index contributed by atoms with van der Waals surface area (Å²) < 4.78 is 0. The van der Waals surface area contributed by atoms with Crippen LogP contribution in [0.1, 0.15) is 36.2 Å². The molecule has 2 amide bonds. The predicted molar refractivity (Wildman–Crippen MR) is 99.3 cm³/mol. The molecule has 0 saturated heterocycles. The first-order valence-electron chi connectivity index (χ1n) is 8.74. The van der Waals surface area contributed by atoms with Crippen LogP contribution in [0, 0.1) is 12.8 Å². The Morgan fingerprint density at radius 1 is 1.20 bits per heavy atom. The van der Waals surface area contributed by atoms with Crippen LogP contribution in [0.4, 0.5) is 4.79 Å². The topological polar surface area (TPSA) is 74.2 Å². The van der Waals surface area contributed by atoms with Crippen molar-refractivity contribution in [3.8, 4) is 0 Å². The van der Waals surface area contributed by atoms with Crippen LogP contribution < -0.4 is 10.6 Å². The molecule has 1 aromatic carbocycles. The van der Waals surface area contributed by atoms with E-state index in [0.29, 0.717) is 13.0 Å². The van der Waals surface area contributed by atoms with Gasteiger partial charge in [0.2, 0.25) is 0 Å². The van der Waals surface area contributed by atoms with Gasteiger partial charge in [0.15, 0.2) is 0 Å². The third kappa shape index (κ3) is 6.19. The molecule has 134 valence electrons. The Morgan fingerprint density at radius 2 is 1.96 bits per heavy atom. The standard InChI is InChI=1S/C20H27N3O2/c1-3-19(17-9-7-15(2)8-10-17)23-20(25)22-13-16(14-24)12-18-6-4-5-11-21-18/h4-11,16,19,24H,3,12-14H2,1-2H3,(H2,22,23,25). The van der Waals surface area contributed by atoms with Crippen molar-refractivity contribution in [2.45, 2.75) is 32.7 Å². The highest BCUT2D eigenvalue weighted by Crippen LogP contribution is 2.17. The molecule has 3 N–H and O–H groups in total. The summed E-state index contributed by atoms with van der Waals surface area (Å²) in [4.78, 5) is 16.5. The van der Waals surface area contributed by atoms with Gasteiger partial charge in [-0.15, -0.1) is 0 Å². The zero-order valence-corrected chi connectivity index (χ0v) is 14.9. The molecular weight excluding hydrogens is 314 g/mol. The number of aliphatic hydroxyl groups is 1. The Labute approximate surface area is 149 Å². The molecular formula is C20H27N3O2. The third-order valence-corrected chi connectivity index (χ3v) is 4.23. The molecule has 0 bridgehead atoms. The summed E-state index contributed by atoms with van der Waals surface area (Å²) in [7, 11) is 0. The SMILES string of the molecule is CCC(NC(=O)NCC(CO)Cc1ccccn1)c1ccc(C)cc1. The van der Waals surface area contributed by atoms with Gasteiger partial charge in [0.25, 0.3) is 0 Å². The van der Waals surface area contributed by atoms with Gasteiger partial charge in [-0.25, -0.2) is 4.79 Å².